The number of hydrogen-bond acceptors (Lipinski definition) is 2. The molecule has 1 saturated heterocycles. The molecule has 1 aliphatic heterocycles. The van der Waals surface area contributed by atoms with Gasteiger partial charge in [0.1, 0.15) is 0 Å². The van der Waals surface area contributed by atoms with E-state index in [-0.39, 0.29) is 17.4 Å². The van der Waals surface area contributed by atoms with Gasteiger partial charge in [0.15, 0.2) is 0 Å². The largest absolute Gasteiger partial charge is 0.353 e. The molecule has 1 rings (SSSR count). The summed E-state index contributed by atoms with van der Waals surface area (Å²) in [4.78, 5) is 12.0. The van der Waals surface area contributed by atoms with E-state index in [1.165, 1.54) is 0 Å². The summed E-state index contributed by atoms with van der Waals surface area (Å²) in [6.45, 7) is 10.3. The molecule has 1 aliphatic rings. The van der Waals surface area contributed by atoms with Crippen molar-refractivity contribution in [1.82, 2.24) is 10.6 Å². The second-order valence-electron chi connectivity index (χ2n) is 5.14. The lowest BCUT2D eigenvalue weighted by Crippen LogP contribution is -2.46. The Morgan fingerprint density at radius 1 is 1.53 bits per heavy atom. The highest BCUT2D eigenvalue weighted by Gasteiger charge is 2.36. The Kier molecular flexibility index (Phi) is 4.14. The van der Waals surface area contributed by atoms with Gasteiger partial charge >= 0.3 is 0 Å². The van der Waals surface area contributed by atoms with Crippen LogP contribution in [0, 0.1) is 11.3 Å². The highest BCUT2D eigenvalue weighted by Crippen LogP contribution is 2.25. The molecular formula is C12H24N2O. The zero-order valence-corrected chi connectivity index (χ0v) is 10.4. The third kappa shape index (κ3) is 2.94. The molecule has 3 unspecified atom stereocenters. The minimum absolute atomic E-state index is 0.193. The van der Waals surface area contributed by atoms with Crippen LogP contribution in [0.3, 0.4) is 0 Å². The van der Waals surface area contributed by atoms with Crippen molar-refractivity contribution >= 4 is 5.91 Å². The van der Waals surface area contributed by atoms with Gasteiger partial charge in [-0.25, -0.2) is 0 Å². The molecule has 2 N–H and O–H groups in total. The van der Waals surface area contributed by atoms with Crippen LogP contribution in [0.15, 0.2) is 0 Å². The van der Waals surface area contributed by atoms with Crippen LogP contribution in [0.25, 0.3) is 0 Å². The predicted octanol–water partition coefficient (Wildman–Crippen LogP) is 1.54. The molecule has 88 valence electrons. The first kappa shape index (κ1) is 12.5. The highest BCUT2D eigenvalue weighted by atomic mass is 16.2. The Morgan fingerprint density at radius 2 is 2.20 bits per heavy atom. The smallest absolute Gasteiger partial charge is 0.227 e. The van der Waals surface area contributed by atoms with E-state index in [9.17, 15) is 4.79 Å². The second-order valence-corrected chi connectivity index (χ2v) is 5.14. The van der Waals surface area contributed by atoms with Crippen molar-refractivity contribution in [2.75, 3.05) is 13.1 Å². The number of nitrogens with one attached hydrogen (secondary N) is 2. The van der Waals surface area contributed by atoms with E-state index in [0.29, 0.717) is 5.92 Å². The molecular weight excluding hydrogens is 188 g/mol. The average molecular weight is 212 g/mol. The van der Waals surface area contributed by atoms with Crippen molar-refractivity contribution in [3.63, 3.8) is 0 Å². The molecule has 0 aromatic heterocycles. The maximum atomic E-state index is 12.0. The van der Waals surface area contributed by atoms with Crippen LogP contribution in [0.4, 0.5) is 0 Å². The lowest BCUT2D eigenvalue weighted by atomic mass is 9.88. The molecule has 15 heavy (non-hydrogen) atoms. The van der Waals surface area contributed by atoms with Gasteiger partial charge in [0.2, 0.25) is 5.91 Å². The molecule has 0 bridgehead atoms. The summed E-state index contributed by atoms with van der Waals surface area (Å²) < 4.78 is 0. The summed E-state index contributed by atoms with van der Waals surface area (Å²) in [6.07, 6.45) is 2.06. The van der Waals surface area contributed by atoms with E-state index >= 15 is 0 Å². The van der Waals surface area contributed by atoms with Gasteiger partial charge in [0.25, 0.3) is 0 Å². The Bertz CT molecular complexity index is 222. The van der Waals surface area contributed by atoms with Crippen LogP contribution in [0.1, 0.15) is 40.5 Å². The van der Waals surface area contributed by atoms with Crippen LogP contribution in [-0.4, -0.2) is 25.0 Å². The van der Waals surface area contributed by atoms with Gasteiger partial charge in [0, 0.05) is 12.6 Å². The Balaban J connectivity index is 2.47. The minimum atomic E-state index is -0.193. The van der Waals surface area contributed by atoms with Crippen LogP contribution >= 0.6 is 0 Å². The first-order chi connectivity index (χ1) is 6.99. The summed E-state index contributed by atoms with van der Waals surface area (Å²) >= 11 is 0. The lowest BCUT2D eigenvalue weighted by Gasteiger charge is -2.27. The quantitative estimate of drug-likeness (QED) is 0.742. The lowest BCUT2D eigenvalue weighted by molar-refractivity contribution is -0.130. The molecule has 1 amide bonds. The molecule has 1 heterocycles. The third-order valence-corrected chi connectivity index (χ3v) is 3.77. The van der Waals surface area contributed by atoms with Crippen LogP contribution < -0.4 is 10.6 Å². The fourth-order valence-electron chi connectivity index (χ4n) is 1.89. The van der Waals surface area contributed by atoms with E-state index in [1.54, 1.807) is 0 Å². The van der Waals surface area contributed by atoms with E-state index in [1.807, 2.05) is 6.92 Å². The van der Waals surface area contributed by atoms with Gasteiger partial charge < -0.3 is 10.6 Å². The van der Waals surface area contributed by atoms with Crippen molar-refractivity contribution in [2.45, 2.75) is 46.6 Å². The van der Waals surface area contributed by atoms with Gasteiger partial charge in [-0.3, -0.25) is 4.79 Å². The fourth-order valence-corrected chi connectivity index (χ4v) is 1.89. The van der Waals surface area contributed by atoms with Gasteiger partial charge in [0.05, 0.1) is 5.41 Å². The zero-order chi connectivity index (χ0) is 11.5. The van der Waals surface area contributed by atoms with E-state index in [2.05, 4.69) is 31.4 Å². The van der Waals surface area contributed by atoms with Gasteiger partial charge in [-0.1, -0.05) is 20.3 Å². The van der Waals surface area contributed by atoms with E-state index < -0.39 is 0 Å². The fraction of sp³-hybridized carbons (Fsp3) is 0.917. The first-order valence-electron chi connectivity index (χ1n) is 6.01. The van der Waals surface area contributed by atoms with Gasteiger partial charge in [-0.05, 0) is 32.7 Å². The molecule has 0 aromatic rings. The van der Waals surface area contributed by atoms with Crippen molar-refractivity contribution in [2.24, 2.45) is 11.3 Å². The molecule has 0 aromatic carbocycles. The number of rotatable bonds is 4. The molecule has 3 atom stereocenters. The maximum Gasteiger partial charge on any atom is 0.227 e. The van der Waals surface area contributed by atoms with Crippen LogP contribution in [0.5, 0.6) is 0 Å². The number of carbonyl (C=O) groups excluding carboxylic acids is 1. The molecule has 0 saturated carbocycles. The minimum Gasteiger partial charge on any atom is -0.353 e. The molecule has 0 aliphatic carbocycles. The number of carbonyl (C=O) groups is 1. The Labute approximate surface area is 93.0 Å². The molecule has 3 heteroatoms. The van der Waals surface area contributed by atoms with Crippen molar-refractivity contribution in [3.05, 3.63) is 0 Å². The molecule has 0 spiro atoms. The van der Waals surface area contributed by atoms with Gasteiger partial charge in [-0.2, -0.15) is 0 Å². The zero-order valence-electron chi connectivity index (χ0n) is 10.4. The van der Waals surface area contributed by atoms with E-state index in [0.717, 1.165) is 25.9 Å². The Morgan fingerprint density at radius 3 is 2.67 bits per heavy atom. The monoisotopic (exact) mass is 212 g/mol. The van der Waals surface area contributed by atoms with Crippen molar-refractivity contribution < 1.29 is 4.79 Å². The predicted molar refractivity (Wildman–Crippen MR) is 62.7 cm³/mol. The third-order valence-electron chi connectivity index (χ3n) is 3.77. The number of hydrogen-bond donors (Lipinski definition) is 2. The van der Waals surface area contributed by atoms with Gasteiger partial charge in [-0.15, -0.1) is 0 Å². The standard InChI is InChI=1S/C12H24N2O/c1-5-9(2)10(3)14-11(15)12(4)6-7-13-8-12/h9-10,13H,5-8H2,1-4H3,(H,14,15). The number of amides is 1. The van der Waals surface area contributed by atoms with Crippen molar-refractivity contribution in [3.8, 4) is 0 Å². The average Bonchev–Trinajstić information content (AvgIpc) is 2.65. The van der Waals surface area contributed by atoms with Crippen LogP contribution in [0.2, 0.25) is 0 Å². The summed E-state index contributed by atoms with van der Waals surface area (Å²) in [5.41, 5.74) is -0.193. The summed E-state index contributed by atoms with van der Waals surface area (Å²) in [6, 6.07) is 0.278. The second kappa shape index (κ2) is 4.97. The van der Waals surface area contributed by atoms with Crippen LogP contribution in [-0.2, 0) is 4.79 Å². The molecule has 1 fully saturated rings. The molecule has 3 nitrogen and oxygen atoms in total. The van der Waals surface area contributed by atoms with E-state index in [4.69, 9.17) is 0 Å². The Hall–Kier alpha value is -0.570. The normalized spacial score (nSPS) is 29.9. The maximum absolute atomic E-state index is 12.0. The molecule has 0 radical (unpaired) electrons. The first-order valence-corrected chi connectivity index (χ1v) is 6.01. The summed E-state index contributed by atoms with van der Waals surface area (Å²) in [5, 5.41) is 6.38. The summed E-state index contributed by atoms with van der Waals surface area (Å²) in [5.74, 6) is 0.757. The van der Waals surface area contributed by atoms with Crippen molar-refractivity contribution in [1.29, 1.82) is 0 Å². The highest BCUT2D eigenvalue weighted by molar-refractivity contribution is 5.83. The SMILES string of the molecule is CCC(C)C(C)NC(=O)C1(C)CCNC1. The topological polar surface area (TPSA) is 41.1 Å². The summed E-state index contributed by atoms with van der Waals surface area (Å²) in [7, 11) is 0.